The number of hydrogen-bond acceptors (Lipinski definition) is 2. The fraction of sp³-hybridized carbons (Fsp3) is 0.143. The molecule has 92 valence electrons. The van der Waals surface area contributed by atoms with Crippen LogP contribution in [-0.2, 0) is 0 Å². The van der Waals surface area contributed by atoms with Gasteiger partial charge in [0.2, 0.25) is 0 Å². The predicted molar refractivity (Wildman–Crippen MR) is 64.7 cm³/mol. The molecule has 2 aromatic carbocycles. The monoisotopic (exact) mass is 247 g/mol. The average molecular weight is 247 g/mol. The highest BCUT2D eigenvalue weighted by Gasteiger charge is 2.21. The molecule has 3 rings (SSSR count). The Morgan fingerprint density at radius 1 is 1.00 bits per heavy atom. The zero-order valence-electron chi connectivity index (χ0n) is 9.49. The van der Waals surface area contributed by atoms with E-state index in [1.54, 1.807) is 18.2 Å². The van der Waals surface area contributed by atoms with Crippen molar-refractivity contribution < 1.29 is 13.5 Å². The number of nitrogens with one attached hydrogen (secondary N) is 1. The van der Waals surface area contributed by atoms with Crippen LogP contribution >= 0.6 is 0 Å². The lowest BCUT2D eigenvalue weighted by Gasteiger charge is -2.27. The second kappa shape index (κ2) is 4.29. The van der Waals surface area contributed by atoms with Crippen LogP contribution in [-0.4, -0.2) is 6.54 Å². The van der Waals surface area contributed by atoms with Crippen LogP contribution in [0.15, 0.2) is 42.5 Å². The Morgan fingerprint density at radius 2 is 1.72 bits per heavy atom. The largest absolute Gasteiger partial charge is 0.482 e. The van der Waals surface area contributed by atoms with E-state index in [0.29, 0.717) is 18.0 Å². The molecule has 4 heteroatoms. The van der Waals surface area contributed by atoms with Crippen molar-refractivity contribution in [2.75, 3.05) is 11.9 Å². The van der Waals surface area contributed by atoms with Gasteiger partial charge in [0.25, 0.3) is 0 Å². The Kier molecular flexibility index (Phi) is 2.63. The molecule has 1 aliphatic heterocycles. The van der Waals surface area contributed by atoms with Crippen LogP contribution in [0.4, 0.5) is 14.5 Å². The highest BCUT2D eigenvalue weighted by atomic mass is 19.1. The van der Waals surface area contributed by atoms with E-state index in [-0.39, 0.29) is 17.7 Å². The van der Waals surface area contributed by atoms with E-state index >= 15 is 0 Å². The van der Waals surface area contributed by atoms with E-state index in [0.717, 1.165) is 5.56 Å². The summed E-state index contributed by atoms with van der Waals surface area (Å²) in [5.41, 5.74) is 1.53. The summed E-state index contributed by atoms with van der Waals surface area (Å²) in [6.07, 6.45) is -0.191. The minimum Gasteiger partial charge on any atom is -0.482 e. The lowest BCUT2D eigenvalue weighted by atomic mass is 10.1. The fourth-order valence-electron chi connectivity index (χ4n) is 2.00. The summed E-state index contributed by atoms with van der Waals surface area (Å²) in [5, 5.41) is 3.11. The first kappa shape index (κ1) is 11.0. The lowest BCUT2D eigenvalue weighted by Crippen LogP contribution is -2.23. The molecule has 0 bridgehead atoms. The molecule has 18 heavy (non-hydrogen) atoms. The number of benzene rings is 2. The van der Waals surface area contributed by atoms with E-state index in [1.165, 1.54) is 24.3 Å². The summed E-state index contributed by atoms with van der Waals surface area (Å²) >= 11 is 0. The second-order valence-corrected chi connectivity index (χ2v) is 4.18. The Morgan fingerprint density at radius 3 is 2.50 bits per heavy atom. The van der Waals surface area contributed by atoms with Crippen LogP contribution in [0.25, 0.3) is 0 Å². The number of ether oxygens (including phenoxy) is 1. The normalized spacial score (nSPS) is 17.6. The summed E-state index contributed by atoms with van der Waals surface area (Å²) in [4.78, 5) is 0. The third kappa shape index (κ3) is 2.01. The van der Waals surface area contributed by atoms with Gasteiger partial charge in [-0.3, -0.25) is 0 Å². The summed E-state index contributed by atoms with van der Waals surface area (Å²) in [6.45, 7) is 0.530. The molecule has 0 amide bonds. The van der Waals surface area contributed by atoms with Crippen molar-refractivity contribution >= 4 is 5.69 Å². The molecule has 1 unspecified atom stereocenters. The molecule has 0 saturated carbocycles. The Labute approximate surface area is 103 Å². The molecule has 0 aliphatic carbocycles. The van der Waals surface area contributed by atoms with Crippen molar-refractivity contribution in [1.29, 1.82) is 0 Å². The Hall–Kier alpha value is -2.10. The highest BCUT2D eigenvalue weighted by molar-refractivity contribution is 5.58. The minimum atomic E-state index is -0.301. The van der Waals surface area contributed by atoms with E-state index in [9.17, 15) is 8.78 Å². The molecular weight excluding hydrogens is 236 g/mol. The van der Waals surface area contributed by atoms with Crippen molar-refractivity contribution in [1.82, 2.24) is 0 Å². The van der Waals surface area contributed by atoms with Gasteiger partial charge in [-0.25, -0.2) is 8.78 Å². The predicted octanol–water partition coefficient (Wildman–Crippen LogP) is 3.51. The minimum absolute atomic E-state index is 0.191. The summed E-state index contributed by atoms with van der Waals surface area (Å²) in [5.74, 6) is 0.0343. The third-order valence-electron chi connectivity index (χ3n) is 2.93. The molecule has 0 fully saturated rings. The molecule has 0 saturated heterocycles. The zero-order valence-corrected chi connectivity index (χ0v) is 9.49. The standard InChI is InChI=1S/C14H11F2NO/c15-10-3-1-9(2-4-10)14-8-17-12-7-11(16)5-6-13(12)18-14/h1-7,14,17H,8H2. The first-order valence-electron chi connectivity index (χ1n) is 5.68. The molecule has 1 atom stereocenters. The maximum absolute atomic E-state index is 13.0. The van der Waals surface area contributed by atoms with Crippen LogP contribution in [0.5, 0.6) is 5.75 Å². The molecule has 1 aliphatic rings. The van der Waals surface area contributed by atoms with Gasteiger partial charge in [-0.05, 0) is 29.8 Å². The van der Waals surface area contributed by atoms with Gasteiger partial charge in [-0.15, -0.1) is 0 Å². The SMILES string of the molecule is Fc1ccc(C2CNc3cc(F)ccc3O2)cc1. The molecule has 1 heterocycles. The maximum Gasteiger partial charge on any atom is 0.143 e. The lowest BCUT2D eigenvalue weighted by molar-refractivity contribution is 0.210. The van der Waals surface area contributed by atoms with Crippen LogP contribution < -0.4 is 10.1 Å². The summed E-state index contributed by atoms with van der Waals surface area (Å²) < 4.78 is 31.6. The molecule has 1 N–H and O–H groups in total. The number of rotatable bonds is 1. The van der Waals surface area contributed by atoms with Crippen LogP contribution in [0, 0.1) is 11.6 Å². The van der Waals surface area contributed by atoms with Crippen molar-refractivity contribution in [3.8, 4) is 5.75 Å². The van der Waals surface area contributed by atoms with Gasteiger partial charge in [0.15, 0.2) is 0 Å². The number of anilines is 1. The van der Waals surface area contributed by atoms with Gasteiger partial charge in [0, 0.05) is 6.07 Å². The number of halogens is 2. The number of fused-ring (bicyclic) bond motifs is 1. The highest BCUT2D eigenvalue weighted by Crippen LogP contribution is 2.34. The van der Waals surface area contributed by atoms with Crippen molar-refractivity contribution in [3.05, 3.63) is 59.7 Å². The molecule has 2 nitrogen and oxygen atoms in total. The van der Waals surface area contributed by atoms with Gasteiger partial charge >= 0.3 is 0 Å². The first-order chi connectivity index (χ1) is 8.72. The van der Waals surface area contributed by atoms with E-state index in [4.69, 9.17) is 4.74 Å². The molecular formula is C14H11F2NO. The molecule has 0 spiro atoms. The summed E-state index contributed by atoms with van der Waals surface area (Å²) in [6, 6.07) is 10.5. The van der Waals surface area contributed by atoms with Gasteiger partial charge in [0.1, 0.15) is 23.5 Å². The summed E-state index contributed by atoms with van der Waals surface area (Å²) in [7, 11) is 0. The molecule has 2 aromatic rings. The van der Waals surface area contributed by atoms with Gasteiger partial charge in [-0.2, -0.15) is 0 Å². The van der Waals surface area contributed by atoms with E-state index < -0.39 is 0 Å². The fourth-order valence-corrected chi connectivity index (χ4v) is 2.00. The quantitative estimate of drug-likeness (QED) is 0.832. The van der Waals surface area contributed by atoms with Crippen molar-refractivity contribution in [3.63, 3.8) is 0 Å². The van der Waals surface area contributed by atoms with Crippen molar-refractivity contribution in [2.24, 2.45) is 0 Å². The van der Waals surface area contributed by atoms with E-state index in [2.05, 4.69) is 5.32 Å². The first-order valence-corrected chi connectivity index (χ1v) is 5.68. The average Bonchev–Trinajstić information content (AvgIpc) is 2.39. The zero-order chi connectivity index (χ0) is 12.5. The van der Waals surface area contributed by atoms with E-state index in [1.807, 2.05) is 0 Å². The van der Waals surface area contributed by atoms with Gasteiger partial charge in [-0.1, -0.05) is 12.1 Å². The van der Waals surface area contributed by atoms with Crippen LogP contribution in [0.3, 0.4) is 0 Å². The third-order valence-corrected chi connectivity index (χ3v) is 2.93. The van der Waals surface area contributed by atoms with Gasteiger partial charge in [0.05, 0.1) is 12.2 Å². The smallest absolute Gasteiger partial charge is 0.143 e. The number of hydrogen-bond donors (Lipinski definition) is 1. The van der Waals surface area contributed by atoms with Crippen LogP contribution in [0.1, 0.15) is 11.7 Å². The molecule has 0 radical (unpaired) electrons. The maximum atomic E-state index is 13.0. The van der Waals surface area contributed by atoms with Crippen LogP contribution in [0.2, 0.25) is 0 Å². The second-order valence-electron chi connectivity index (χ2n) is 4.18. The topological polar surface area (TPSA) is 21.3 Å². The Bertz CT molecular complexity index is 569. The Balaban J connectivity index is 1.86. The van der Waals surface area contributed by atoms with Gasteiger partial charge < -0.3 is 10.1 Å². The van der Waals surface area contributed by atoms with Crippen molar-refractivity contribution in [2.45, 2.75) is 6.10 Å². The molecule has 0 aromatic heterocycles.